The average molecular weight is 598 g/mol. The fourth-order valence-electron chi connectivity index (χ4n) is 11.9. The van der Waals surface area contributed by atoms with E-state index in [1.54, 1.807) is 0 Å². The Morgan fingerprint density at radius 1 is 1.16 bits per heavy atom. The number of carbonyl (C=O) groups is 1. The van der Waals surface area contributed by atoms with E-state index in [1.807, 2.05) is 11.6 Å². The molecule has 11 atom stereocenters. The van der Waals surface area contributed by atoms with Crippen LogP contribution < -0.4 is 5.73 Å². The van der Waals surface area contributed by atoms with E-state index >= 15 is 0 Å². The molecule has 1 aromatic heterocycles. The van der Waals surface area contributed by atoms with Crippen molar-refractivity contribution in [2.45, 2.75) is 106 Å². The van der Waals surface area contributed by atoms with Crippen LogP contribution in [0.3, 0.4) is 0 Å². The van der Waals surface area contributed by atoms with Crippen molar-refractivity contribution in [2.24, 2.45) is 62.4 Å². The van der Waals surface area contributed by atoms with Gasteiger partial charge in [-0.2, -0.15) is 0 Å². The number of carboxylic acids is 1. The number of hydrogen-bond acceptors (Lipinski definition) is 7. The monoisotopic (exact) mass is 597 g/mol. The highest BCUT2D eigenvalue weighted by Gasteiger charge is 2.72. The minimum atomic E-state index is -0.618. The number of carboxylic acid groups (broad SMARTS) is 1. The zero-order chi connectivity index (χ0) is 31.2. The number of fused-ring (bicyclic) bond motifs is 3. The highest BCUT2D eigenvalue weighted by molar-refractivity contribution is 5.73. The lowest BCUT2D eigenvalue weighted by molar-refractivity contribution is -0.250. The fraction of sp³-hybridized carbons (Fsp3) is 0.882. The normalized spacial score (nSPS) is 46.4. The number of allylic oxidation sites excluding steroid dienone is 1. The van der Waals surface area contributed by atoms with Gasteiger partial charge < -0.3 is 20.3 Å². The van der Waals surface area contributed by atoms with Gasteiger partial charge in [-0.3, -0.25) is 4.79 Å². The lowest BCUT2D eigenvalue weighted by atomic mass is 9.34. The summed E-state index contributed by atoms with van der Waals surface area (Å²) in [7, 11) is 0. The SMILES string of the molecule is Cc1nnnn1[C@@H]1C[C@@]23COCC(C)([C@H]1OCCN)[C@@H]2CC[C@H]1C3=CC[C@@]2(C)C(C(=O)O)[C@@](C)([C@H](C)C(C)C)CC[C@]12C. The molecule has 2 unspecified atom stereocenters. The Morgan fingerprint density at radius 3 is 2.53 bits per heavy atom. The second-order valence-corrected chi connectivity index (χ2v) is 16.4. The molecule has 0 radical (unpaired) electrons. The first-order chi connectivity index (χ1) is 20.2. The molecule has 0 spiro atoms. The van der Waals surface area contributed by atoms with Gasteiger partial charge in [-0.25, -0.2) is 4.68 Å². The first-order valence-corrected chi connectivity index (χ1v) is 16.8. The van der Waals surface area contributed by atoms with Gasteiger partial charge in [0, 0.05) is 17.4 Å². The molecule has 240 valence electrons. The second-order valence-electron chi connectivity index (χ2n) is 16.4. The summed E-state index contributed by atoms with van der Waals surface area (Å²) in [6, 6.07) is -0.0271. The first-order valence-electron chi connectivity index (χ1n) is 16.8. The average Bonchev–Trinajstić information content (AvgIpc) is 3.37. The van der Waals surface area contributed by atoms with Gasteiger partial charge in [-0.15, -0.1) is 5.10 Å². The summed E-state index contributed by atoms with van der Waals surface area (Å²) in [4.78, 5) is 13.3. The van der Waals surface area contributed by atoms with Crippen LogP contribution in [-0.4, -0.2) is 63.8 Å². The van der Waals surface area contributed by atoms with Crippen molar-refractivity contribution in [1.82, 2.24) is 20.2 Å². The van der Waals surface area contributed by atoms with Gasteiger partial charge in [-0.1, -0.05) is 60.1 Å². The predicted molar refractivity (Wildman–Crippen MR) is 164 cm³/mol. The Morgan fingerprint density at radius 2 is 1.91 bits per heavy atom. The van der Waals surface area contributed by atoms with Gasteiger partial charge in [0.1, 0.15) is 5.82 Å². The zero-order valence-electron chi connectivity index (χ0n) is 27.7. The Bertz CT molecular complexity index is 1280. The van der Waals surface area contributed by atoms with Gasteiger partial charge in [0.05, 0.1) is 37.9 Å². The van der Waals surface area contributed by atoms with E-state index in [9.17, 15) is 9.90 Å². The summed E-state index contributed by atoms with van der Waals surface area (Å²) in [6.07, 6.45) is 8.22. The van der Waals surface area contributed by atoms with Crippen molar-refractivity contribution in [3.8, 4) is 0 Å². The van der Waals surface area contributed by atoms with Crippen LogP contribution in [-0.2, 0) is 14.3 Å². The molecule has 9 nitrogen and oxygen atoms in total. The van der Waals surface area contributed by atoms with E-state index in [2.05, 4.69) is 70.1 Å². The Balaban J connectivity index is 1.47. The van der Waals surface area contributed by atoms with Crippen LogP contribution in [0.4, 0.5) is 0 Å². The first kappa shape index (κ1) is 31.2. The Labute approximate surface area is 257 Å². The fourth-order valence-corrected chi connectivity index (χ4v) is 11.9. The van der Waals surface area contributed by atoms with Crippen LogP contribution in [0.5, 0.6) is 0 Å². The molecule has 2 bridgehead atoms. The summed E-state index contributed by atoms with van der Waals surface area (Å²) in [5.74, 6) is 1.27. The lowest BCUT2D eigenvalue weighted by Gasteiger charge is -2.71. The van der Waals surface area contributed by atoms with Gasteiger partial charge >= 0.3 is 5.97 Å². The smallest absolute Gasteiger partial charge is 0.307 e. The molecule has 3 saturated carbocycles. The number of ether oxygens (including phenoxy) is 2. The van der Waals surface area contributed by atoms with Crippen molar-refractivity contribution in [1.29, 1.82) is 0 Å². The molecule has 4 aliphatic carbocycles. The maximum absolute atomic E-state index is 13.3. The molecule has 0 aromatic carbocycles. The maximum Gasteiger partial charge on any atom is 0.307 e. The molecule has 3 N–H and O–H groups in total. The summed E-state index contributed by atoms with van der Waals surface area (Å²) >= 11 is 0. The van der Waals surface area contributed by atoms with Gasteiger partial charge in [-0.05, 0) is 95.8 Å². The zero-order valence-corrected chi connectivity index (χ0v) is 27.7. The van der Waals surface area contributed by atoms with Crippen LogP contribution in [0, 0.1) is 63.6 Å². The molecule has 1 aromatic rings. The third kappa shape index (κ3) is 4.05. The number of tetrazole rings is 1. The van der Waals surface area contributed by atoms with E-state index in [0.717, 1.165) is 44.3 Å². The summed E-state index contributed by atoms with van der Waals surface area (Å²) in [6.45, 7) is 20.4. The van der Waals surface area contributed by atoms with Gasteiger partial charge in [0.25, 0.3) is 0 Å². The third-order valence-corrected chi connectivity index (χ3v) is 14.5. The molecule has 43 heavy (non-hydrogen) atoms. The van der Waals surface area contributed by atoms with Gasteiger partial charge in [0.2, 0.25) is 0 Å². The number of rotatable bonds is 7. The van der Waals surface area contributed by atoms with Crippen LogP contribution in [0.25, 0.3) is 0 Å². The third-order valence-electron chi connectivity index (χ3n) is 14.5. The summed E-state index contributed by atoms with van der Waals surface area (Å²) < 4.78 is 15.2. The molecular weight excluding hydrogens is 542 g/mol. The van der Waals surface area contributed by atoms with Crippen LogP contribution >= 0.6 is 0 Å². The molecule has 1 aliphatic heterocycles. The minimum absolute atomic E-state index is 0.0271. The topological polar surface area (TPSA) is 125 Å². The Hall–Kier alpha value is -1.84. The van der Waals surface area contributed by atoms with E-state index in [-0.39, 0.29) is 39.2 Å². The van der Waals surface area contributed by atoms with Crippen molar-refractivity contribution in [3.05, 3.63) is 17.5 Å². The quantitative estimate of drug-likeness (QED) is 0.397. The number of nitrogens with zero attached hydrogens (tertiary/aromatic N) is 4. The number of hydrogen-bond donors (Lipinski definition) is 2. The number of aliphatic carboxylic acids is 1. The number of aromatic nitrogens is 4. The van der Waals surface area contributed by atoms with Gasteiger partial charge in [0.15, 0.2) is 0 Å². The molecule has 6 rings (SSSR count). The largest absolute Gasteiger partial charge is 0.481 e. The predicted octanol–water partition coefficient (Wildman–Crippen LogP) is 5.46. The number of aryl methyl sites for hydroxylation is 1. The van der Waals surface area contributed by atoms with E-state index in [1.165, 1.54) is 5.57 Å². The molecule has 5 aliphatic rings. The molecule has 9 heteroatoms. The highest BCUT2D eigenvalue weighted by Crippen LogP contribution is 2.75. The van der Waals surface area contributed by atoms with Crippen LogP contribution in [0.15, 0.2) is 11.6 Å². The highest BCUT2D eigenvalue weighted by atomic mass is 16.5. The minimum Gasteiger partial charge on any atom is -0.481 e. The molecule has 4 fully saturated rings. The number of nitrogens with two attached hydrogens (primary N) is 1. The van der Waals surface area contributed by atoms with Crippen LogP contribution in [0.1, 0.15) is 98.9 Å². The molecular formula is C34H55N5O4. The maximum atomic E-state index is 13.3. The van der Waals surface area contributed by atoms with Crippen molar-refractivity contribution in [3.63, 3.8) is 0 Å². The molecule has 2 heterocycles. The van der Waals surface area contributed by atoms with E-state index in [4.69, 9.17) is 15.2 Å². The Kier molecular flexibility index (Phi) is 7.49. The van der Waals surface area contributed by atoms with Crippen molar-refractivity contribution >= 4 is 5.97 Å². The summed E-state index contributed by atoms with van der Waals surface area (Å²) in [5, 5.41) is 23.7. The second kappa shape index (κ2) is 10.3. The van der Waals surface area contributed by atoms with Crippen LogP contribution in [0.2, 0.25) is 0 Å². The van der Waals surface area contributed by atoms with E-state index in [0.29, 0.717) is 50.0 Å². The standard InChI is InChI=1S/C34H55N5O4/c1-20(2)21(3)30(5)13-14-32(7)23-9-10-26-31(6)18-42-19-34(26,24(23)11-12-33(32,8)27(30)29(40)41)17-25(28(31)43-16-15-35)39-22(4)36-37-38-39/h11,20-21,23,25-28H,9-10,12-19,35H2,1-8H3,(H,40,41)/t21-,23+,25-,26+,27?,28+,30-,31?,32-,33+,34+/m1/s1. The lowest BCUT2D eigenvalue weighted by Crippen LogP contribution is -2.69. The van der Waals surface area contributed by atoms with Crippen molar-refractivity contribution < 1.29 is 19.4 Å². The summed E-state index contributed by atoms with van der Waals surface area (Å²) in [5.41, 5.74) is 6.40. The molecule has 1 saturated heterocycles. The van der Waals surface area contributed by atoms with E-state index < -0.39 is 11.9 Å². The van der Waals surface area contributed by atoms with Crippen molar-refractivity contribution in [2.75, 3.05) is 26.4 Å². The molecule has 0 amide bonds.